The number of aryl methyl sites for hydroxylation is 1. The predicted molar refractivity (Wildman–Crippen MR) is 92.0 cm³/mol. The van der Waals surface area contributed by atoms with E-state index >= 15 is 0 Å². The van der Waals surface area contributed by atoms with Crippen molar-refractivity contribution in [1.29, 1.82) is 0 Å². The van der Waals surface area contributed by atoms with Crippen molar-refractivity contribution in [3.8, 4) is 5.75 Å². The van der Waals surface area contributed by atoms with Gasteiger partial charge in [-0.2, -0.15) is 0 Å². The van der Waals surface area contributed by atoms with E-state index in [4.69, 9.17) is 16.7 Å². The molecular formula is C14H15ClN2O5S2. The number of sulfonamides is 2. The van der Waals surface area contributed by atoms with Gasteiger partial charge in [-0.05, 0) is 36.2 Å². The monoisotopic (exact) mass is 390 g/mol. The first-order valence-electron chi connectivity index (χ1n) is 6.67. The van der Waals surface area contributed by atoms with Crippen LogP contribution in [0.3, 0.4) is 0 Å². The van der Waals surface area contributed by atoms with Crippen molar-refractivity contribution in [2.24, 2.45) is 5.14 Å². The number of anilines is 1. The Bertz CT molecular complexity index is 942. The Balaban J connectivity index is 2.19. The van der Waals surface area contributed by atoms with E-state index in [2.05, 4.69) is 4.72 Å². The molecule has 2 aromatic carbocycles. The molecule has 7 nitrogen and oxygen atoms in total. The van der Waals surface area contributed by atoms with Crippen molar-refractivity contribution < 1.29 is 21.9 Å². The van der Waals surface area contributed by atoms with Gasteiger partial charge in [0.25, 0.3) is 0 Å². The molecule has 0 unspecified atom stereocenters. The summed E-state index contributed by atoms with van der Waals surface area (Å²) in [4.78, 5) is -0.502. The molecule has 0 atom stereocenters. The summed E-state index contributed by atoms with van der Waals surface area (Å²) in [6.45, 7) is 0. The molecule has 0 heterocycles. The van der Waals surface area contributed by atoms with E-state index in [1.165, 1.54) is 0 Å². The lowest BCUT2D eigenvalue weighted by Gasteiger charge is -2.12. The highest BCUT2D eigenvalue weighted by Gasteiger charge is 2.19. The summed E-state index contributed by atoms with van der Waals surface area (Å²) in [5.41, 5.74) is 0.550. The molecule has 24 heavy (non-hydrogen) atoms. The minimum atomic E-state index is -4.20. The standard InChI is InChI=1S/C14H15ClN2O5S2/c15-11-3-1-10(2-4-11)7-8-23(19,20)17-13-6-5-12(18)9-14(13)24(16,21)22/h1-6,9,17-18H,7-8H2,(H2,16,21,22). The summed E-state index contributed by atoms with van der Waals surface area (Å²) in [5, 5.41) is 14.9. The molecule has 0 spiro atoms. The molecule has 10 heteroatoms. The third kappa shape index (κ3) is 5.10. The fourth-order valence-electron chi connectivity index (χ4n) is 1.95. The quantitative estimate of drug-likeness (QED) is 0.646. The van der Waals surface area contributed by atoms with E-state index < -0.39 is 24.9 Å². The lowest BCUT2D eigenvalue weighted by Crippen LogP contribution is -2.21. The van der Waals surface area contributed by atoms with Gasteiger partial charge >= 0.3 is 0 Å². The van der Waals surface area contributed by atoms with Crippen LogP contribution in [-0.2, 0) is 26.5 Å². The third-order valence-corrected chi connectivity index (χ3v) is 5.59. The zero-order valence-electron chi connectivity index (χ0n) is 12.3. The van der Waals surface area contributed by atoms with Crippen molar-refractivity contribution in [2.45, 2.75) is 11.3 Å². The Hall–Kier alpha value is -1.81. The van der Waals surface area contributed by atoms with Gasteiger partial charge in [-0.1, -0.05) is 23.7 Å². The Kier molecular flexibility index (Phi) is 5.38. The van der Waals surface area contributed by atoms with Gasteiger partial charge in [0.15, 0.2) is 0 Å². The molecule has 4 N–H and O–H groups in total. The molecule has 130 valence electrons. The van der Waals surface area contributed by atoms with Crippen LogP contribution in [0.1, 0.15) is 5.56 Å². The van der Waals surface area contributed by atoms with E-state index in [1.807, 2.05) is 0 Å². The molecule has 0 fully saturated rings. The molecule has 0 amide bonds. The first-order valence-corrected chi connectivity index (χ1v) is 10.3. The molecule has 2 aromatic rings. The molecule has 2 rings (SSSR count). The van der Waals surface area contributed by atoms with Crippen LogP contribution in [0.5, 0.6) is 5.75 Å². The summed E-state index contributed by atoms with van der Waals surface area (Å²) in [5.74, 6) is -0.609. The maximum atomic E-state index is 12.2. The normalized spacial score (nSPS) is 12.1. The SMILES string of the molecule is NS(=O)(=O)c1cc(O)ccc1NS(=O)(=O)CCc1ccc(Cl)cc1. The number of rotatable bonds is 6. The van der Waals surface area contributed by atoms with Gasteiger partial charge in [0, 0.05) is 11.1 Å². The summed E-state index contributed by atoms with van der Waals surface area (Å²) in [6, 6.07) is 9.88. The number of primary sulfonamides is 1. The molecule has 0 aromatic heterocycles. The van der Waals surface area contributed by atoms with Gasteiger partial charge in [-0.25, -0.2) is 22.0 Å². The van der Waals surface area contributed by atoms with Gasteiger partial charge in [0.2, 0.25) is 20.0 Å². The van der Waals surface area contributed by atoms with Crippen molar-refractivity contribution in [3.63, 3.8) is 0 Å². The van der Waals surface area contributed by atoms with Crippen molar-refractivity contribution in [1.82, 2.24) is 0 Å². The molecule has 0 aliphatic carbocycles. The van der Waals surface area contributed by atoms with E-state index in [0.717, 1.165) is 23.8 Å². The Morgan fingerprint density at radius 1 is 1.04 bits per heavy atom. The van der Waals surface area contributed by atoms with Crippen LogP contribution in [-0.4, -0.2) is 27.7 Å². The van der Waals surface area contributed by atoms with Crippen molar-refractivity contribution >= 4 is 37.3 Å². The molecule has 0 radical (unpaired) electrons. The number of nitrogens with two attached hydrogens (primary N) is 1. The number of phenols is 1. The van der Waals surface area contributed by atoms with E-state index in [1.54, 1.807) is 24.3 Å². The highest BCUT2D eigenvalue weighted by molar-refractivity contribution is 7.93. The van der Waals surface area contributed by atoms with Crippen LogP contribution in [0.2, 0.25) is 5.02 Å². The molecule has 0 aliphatic rings. The average molecular weight is 391 g/mol. The minimum absolute atomic E-state index is 0.216. The second kappa shape index (κ2) is 6.98. The fraction of sp³-hybridized carbons (Fsp3) is 0.143. The minimum Gasteiger partial charge on any atom is -0.508 e. The molecular weight excluding hydrogens is 376 g/mol. The second-order valence-electron chi connectivity index (χ2n) is 5.02. The second-order valence-corrected chi connectivity index (χ2v) is 8.83. The van der Waals surface area contributed by atoms with E-state index in [9.17, 15) is 21.9 Å². The van der Waals surface area contributed by atoms with E-state index in [0.29, 0.717) is 5.02 Å². The van der Waals surface area contributed by atoms with Crippen LogP contribution in [0.25, 0.3) is 0 Å². The number of nitrogens with one attached hydrogen (secondary N) is 1. The van der Waals surface area contributed by atoms with Crippen LogP contribution in [0.4, 0.5) is 5.69 Å². The van der Waals surface area contributed by atoms with Crippen molar-refractivity contribution in [3.05, 3.63) is 53.1 Å². The number of hydrogen-bond donors (Lipinski definition) is 3. The topological polar surface area (TPSA) is 127 Å². The maximum absolute atomic E-state index is 12.2. The molecule has 0 aliphatic heterocycles. The van der Waals surface area contributed by atoms with Crippen LogP contribution >= 0.6 is 11.6 Å². The fourth-order valence-corrected chi connectivity index (χ4v) is 3.97. The molecule has 0 saturated heterocycles. The maximum Gasteiger partial charge on any atom is 0.240 e. The average Bonchev–Trinajstić information content (AvgIpc) is 2.47. The number of halogens is 1. The number of benzene rings is 2. The Morgan fingerprint density at radius 2 is 1.67 bits per heavy atom. The number of phenolic OH excluding ortho intramolecular Hbond substituents is 1. The van der Waals surface area contributed by atoms with E-state index in [-0.39, 0.29) is 23.6 Å². The largest absolute Gasteiger partial charge is 0.508 e. The first-order chi connectivity index (χ1) is 11.1. The first kappa shape index (κ1) is 18.5. The molecule has 0 bridgehead atoms. The van der Waals surface area contributed by atoms with Crippen LogP contribution in [0, 0.1) is 0 Å². The van der Waals surface area contributed by atoms with Gasteiger partial charge in [-0.15, -0.1) is 0 Å². The predicted octanol–water partition coefficient (Wildman–Crippen LogP) is 1.68. The number of aromatic hydroxyl groups is 1. The smallest absolute Gasteiger partial charge is 0.240 e. The lowest BCUT2D eigenvalue weighted by molar-refractivity contribution is 0.473. The highest BCUT2D eigenvalue weighted by atomic mass is 35.5. The summed E-state index contributed by atoms with van der Waals surface area (Å²) in [6.07, 6.45) is 0.218. The zero-order chi connectivity index (χ0) is 18.0. The van der Waals surface area contributed by atoms with Crippen LogP contribution < -0.4 is 9.86 Å². The molecule has 0 saturated carbocycles. The summed E-state index contributed by atoms with van der Waals surface area (Å²) < 4.78 is 49.6. The highest BCUT2D eigenvalue weighted by Crippen LogP contribution is 2.25. The van der Waals surface area contributed by atoms with Gasteiger partial charge in [-0.3, -0.25) is 4.72 Å². The van der Waals surface area contributed by atoms with Gasteiger partial charge in [0.1, 0.15) is 10.6 Å². The number of hydrogen-bond acceptors (Lipinski definition) is 5. The van der Waals surface area contributed by atoms with Crippen LogP contribution in [0.15, 0.2) is 47.4 Å². The van der Waals surface area contributed by atoms with Gasteiger partial charge < -0.3 is 5.11 Å². The zero-order valence-corrected chi connectivity index (χ0v) is 14.7. The van der Waals surface area contributed by atoms with Crippen molar-refractivity contribution in [2.75, 3.05) is 10.5 Å². The Morgan fingerprint density at radius 3 is 2.25 bits per heavy atom. The summed E-state index contributed by atoms with van der Waals surface area (Å²) in [7, 11) is -8.03. The van der Waals surface area contributed by atoms with Gasteiger partial charge in [0.05, 0.1) is 11.4 Å². The third-order valence-electron chi connectivity index (χ3n) is 3.11. The summed E-state index contributed by atoms with van der Waals surface area (Å²) >= 11 is 5.76. The Labute approximate surface area is 145 Å². The lowest BCUT2D eigenvalue weighted by atomic mass is 10.2.